The van der Waals surface area contributed by atoms with E-state index < -0.39 is 0 Å². The van der Waals surface area contributed by atoms with Crippen LogP contribution in [-0.2, 0) is 17.8 Å². The Kier molecular flexibility index (Phi) is 6.78. The van der Waals surface area contributed by atoms with E-state index in [1.807, 2.05) is 11.5 Å². The lowest BCUT2D eigenvalue weighted by atomic mass is 10.5. The number of methoxy groups -OCH3 is 1. The van der Waals surface area contributed by atoms with Gasteiger partial charge in [0.25, 0.3) is 0 Å². The summed E-state index contributed by atoms with van der Waals surface area (Å²) >= 11 is 0. The molecule has 1 aromatic heterocycles. The van der Waals surface area contributed by atoms with Gasteiger partial charge in [0.15, 0.2) is 11.8 Å². The third-order valence-corrected chi connectivity index (χ3v) is 2.36. The third kappa shape index (κ3) is 4.70. The number of guanidine groups is 1. The van der Waals surface area contributed by atoms with Gasteiger partial charge in [-0.15, -0.1) is 10.2 Å². The number of aryl methyl sites for hydroxylation is 1. The molecule has 0 amide bonds. The fraction of sp³-hybridized carbons (Fsp3) is 0.727. The van der Waals surface area contributed by atoms with Crippen LogP contribution in [0.15, 0.2) is 11.3 Å². The van der Waals surface area contributed by atoms with E-state index in [9.17, 15) is 0 Å². The lowest BCUT2D eigenvalue weighted by Crippen LogP contribution is -2.38. The number of hydrogen-bond acceptors (Lipinski definition) is 4. The molecule has 18 heavy (non-hydrogen) atoms. The molecule has 0 saturated carbocycles. The van der Waals surface area contributed by atoms with Crippen LogP contribution in [0.25, 0.3) is 0 Å². The minimum atomic E-state index is 0.510. The highest BCUT2D eigenvalue weighted by molar-refractivity contribution is 5.79. The second-order valence-corrected chi connectivity index (χ2v) is 3.65. The Morgan fingerprint density at radius 2 is 2.28 bits per heavy atom. The zero-order chi connectivity index (χ0) is 13.2. The highest BCUT2D eigenvalue weighted by atomic mass is 16.5. The van der Waals surface area contributed by atoms with Crippen molar-refractivity contribution in [3.63, 3.8) is 0 Å². The van der Waals surface area contributed by atoms with E-state index in [1.54, 1.807) is 13.4 Å². The summed E-state index contributed by atoms with van der Waals surface area (Å²) in [7, 11) is 1.68. The van der Waals surface area contributed by atoms with Crippen LogP contribution in [0.4, 0.5) is 0 Å². The Morgan fingerprint density at radius 1 is 1.44 bits per heavy atom. The molecular weight excluding hydrogens is 232 g/mol. The molecule has 0 spiro atoms. The van der Waals surface area contributed by atoms with Crippen molar-refractivity contribution >= 4 is 5.96 Å². The van der Waals surface area contributed by atoms with Gasteiger partial charge in [0, 0.05) is 26.7 Å². The van der Waals surface area contributed by atoms with Gasteiger partial charge >= 0.3 is 0 Å². The number of nitrogens with one attached hydrogen (secondary N) is 2. The average Bonchev–Trinajstić information content (AvgIpc) is 2.83. The first-order valence-electron chi connectivity index (χ1n) is 6.19. The van der Waals surface area contributed by atoms with Crippen LogP contribution >= 0.6 is 0 Å². The molecule has 1 heterocycles. The van der Waals surface area contributed by atoms with Crippen molar-refractivity contribution in [3.8, 4) is 0 Å². The molecule has 102 valence electrons. The molecule has 0 atom stereocenters. The largest absolute Gasteiger partial charge is 0.383 e. The predicted molar refractivity (Wildman–Crippen MR) is 70.4 cm³/mol. The van der Waals surface area contributed by atoms with Crippen molar-refractivity contribution in [3.05, 3.63) is 12.2 Å². The van der Waals surface area contributed by atoms with Gasteiger partial charge < -0.3 is 19.9 Å². The van der Waals surface area contributed by atoms with Crippen molar-refractivity contribution in [2.24, 2.45) is 4.99 Å². The summed E-state index contributed by atoms with van der Waals surface area (Å²) < 4.78 is 6.96. The Balaban J connectivity index is 2.53. The predicted octanol–water partition coefficient (Wildman–Crippen LogP) is -0.000500. The molecule has 0 fully saturated rings. The number of hydrogen-bond donors (Lipinski definition) is 2. The fourth-order valence-electron chi connectivity index (χ4n) is 1.43. The zero-order valence-electron chi connectivity index (χ0n) is 11.3. The van der Waals surface area contributed by atoms with Crippen LogP contribution in [0.2, 0.25) is 0 Å². The molecule has 0 radical (unpaired) electrons. The van der Waals surface area contributed by atoms with Gasteiger partial charge in [-0.3, -0.25) is 0 Å². The van der Waals surface area contributed by atoms with Gasteiger partial charge in [0.2, 0.25) is 0 Å². The normalized spacial score (nSPS) is 11.6. The number of ether oxygens (including phenoxy) is 1. The molecule has 0 aliphatic heterocycles. The van der Waals surface area contributed by atoms with Gasteiger partial charge in [-0.2, -0.15) is 0 Å². The van der Waals surface area contributed by atoms with Crippen LogP contribution in [-0.4, -0.2) is 47.5 Å². The molecule has 0 aliphatic carbocycles. The topological polar surface area (TPSA) is 76.4 Å². The van der Waals surface area contributed by atoms with Crippen molar-refractivity contribution < 1.29 is 4.74 Å². The maximum absolute atomic E-state index is 4.99. The number of aliphatic imine (C=N–C) groups is 1. The lowest BCUT2D eigenvalue weighted by molar-refractivity contribution is 0.203. The first-order chi connectivity index (χ1) is 8.81. The molecule has 7 nitrogen and oxygen atoms in total. The molecule has 0 aliphatic rings. The maximum Gasteiger partial charge on any atom is 0.191 e. The van der Waals surface area contributed by atoms with Gasteiger partial charge in [-0.1, -0.05) is 0 Å². The van der Waals surface area contributed by atoms with E-state index >= 15 is 0 Å². The standard InChI is InChI=1S/C11H22N6O/c1-4-12-11(13-6-7-18-3)14-8-10-16-15-9-17(10)5-2/h9H,4-8H2,1-3H3,(H2,12,13,14). The monoisotopic (exact) mass is 254 g/mol. The lowest BCUT2D eigenvalue weighted by Gasteiger charge is -2.10. The van der Waals surface area contributed by atoms with Crippen molar-refractivity contribution in [1.29, 1.82) is 0 Å². The van der Waals surface area contributed by atoms with Crippen LogP contribution in [0.5, 0.6) is 0 Å². The van der Waals surface area contributed by atoms with Crippen molar-refractivity contribution in [2.75, 3.05) is 26.8 Å². The molecule has 1 aromatic rings. The first-order valence-corrected chi connectivity index (χ1v) is 6.19. The van der Waals surface area contributed by atoms with Crippen molar-refractivity contribution in [2.45, 2.75) is 26.9 Å². The highest BCUT2D eigenvalue weighted by Crippen LogP contribution is 1.96. The highest BCUT2D eigenvalue weighted by Gasteiger charge is 2.02. The van der Waals surface area contributed by atoms with E-state index in [2.05, 4.69) is 32.7 Å². The average molecular weight is 254 g/mol. The number of rotatable bonds is 7. The van der Waals surface area contributed by atoms with E-state index in [4.69, 9.17) is 4.74 Å². The number of nitrogens with zero attached hydrogens (tertiary/aromatic N) is 4. The molecule has 7 heteroatoms. The van der Waals surface area contributed by atoms with Gasteiger partial charge in [-0.05, 0) is 13.8 Å². The van der Waals surface area contributed by atoms with E-state index in [1.165, 1.54) is 0 Å². The summed E-state index contributed by atoms with van der Waals surface area (Å²) in [6, 6.07) is 0. The third-order valence-electron chi connectivity index (χ3n) is 2.36. The summed E-state index contributed by atoms with van der Waals surface area (Å²) in [5, 5.41) is 14.3. The molecule has 0 aromatic carbocycles. The smallest absolute Gasteiger partial charge is 0.191 e. The maximum atomic E-state index is 4.99. The SMILES string of the molecule is CCNC(=NCc1nncn1CC)NCCOC. The number of aromatic nitrogens is 3. The first kappa shape index (κ1) is 14.4. The van der Waals surface area contributed by atoms with Gasteiger partial charge in [-0.25, -0.2) is 4.99 Å². The molecule has 2 N–H and O–H groups in total. The van der Waals surface area contributed by atoms with Crippen LogP contribution in [0.3, 0.4) is 0 Å². The Bertz CT molecular complexity index is 362. The van der Waals surface area contributed by atoms with Gasteiger partial charge in [0.1, 0.15) is 12.9 Å². The molecule has 0 bridgehead atoms. The molecule has 0 saturated heterocycles. The minimum Gasteiger partial charge on any atom is -0.383 e. The van der Waals surface area contributed by atoms with Crippen LogP contribution in [0, 0.1) is 0 Å². The summed E-state index contributed by atoms with van der Waals surface area (Å²) in [4.78, 5) is 4.45. The van der Waals surface area contributed by atoms with E-state index in [0.717, 1.165) is 31.4 Å². The van der Waals surface area contributed by atoms with Crippen molar-refractivity contribution in [1.82, 2.24) is 25.4 Å². The second-order valence-electron chi connectivity index (χ2n) is 3.65. The Labute approximate surface area is 108 Å². The minimum absolute atomic E-state index is 0.510. The quantitative estimate of drug-likeness (QED) is 0.407. The molecular formula is C11H22N6O. The molecule has 1 rings (SSSR count). The fourth-order valence-corrected chi connectivity index (χ4v) is 1.43. The summed E-state index contributed by atoms with van der Waals surface area (Å²) in [6.07, 6.45) is 1.72. The van der Waals surface area contributed by atoms with E-state index in [-0.39, 0.29) is 0 Å². The molecule has 0 unspecified atom stereocenters. The van der Waals surface area contributed by atoms with Crippen LogP contribution < -0.4 is 10.6 Å². The Hall–Kier alpha value is -1.63. The summed E-state index contributed by atoms with van der Waals surface area (Å²) in [5.74, 6) is 1.63. The zero-order valence-corrected chi connectivity index (χ0v) is 11.3. The Morgan fingerprint density at radius 3 is 2.94 bits per heavy atom. The second kappa shape index (κ2) is 8.46. The van der Waals surface area contributed by atoms with Crippen LogP contribution in [0.1, 0.15) is 19.7 Å². The van der Waals surface area contributed by atoms with E-state index in [0.29, 0.717) is 13.2 Å². The summed E-state index contributed by atoms with van der Waals surface area (Å²) in [5.41, 5.74) is 0. The van der Waals surface area contributed by atoms with Gasteiger partial charge in [0.05, 0.1) is 6.61 Å². The summed E-state index contributed by atoms with van der Waals surface area (Å²) in [6.45, 7) is 7.64.